The van der Waals surface area contributed by atoms with Gasteiger partial charge < -0.3 is 10.1 Å². The Hall–Kier alpha value is -0.150. The summed E-state index contributed by atoms with van der Waals surface area (Å²) in [4.78, 5) is 0. The molecule has 2 unspecified atom stereocenters. The number of rotatable bonds is 4. The molecule has 0 spiro atoms. The average Bonchev–Trinajstić information content (AvgIpc) is 2.04. The Bertz CT molecular complexity index is 144. The Morgan fingerprint density at radius 2 is 2.38 bits per heavy atom. The monoisotopic (exact) mass is 189 g/mol. The molecule has 1 aliphatic heterocycles. The lowest BCUT2D eigenvalue weighted by atomic mass is 9.94. The fraction of sp³-hybridized carbons (Fsp3) is 1.00. The van der Waals surface area contributed by atoms with Crippen LogP contribution in [0, 0.1) is 0 Å². The van der Waals surface area contributed by atoms with Crippen LogP contribution in [0.25, 0.3) is 0 Å². The van der Waals surface area contributed by atoms with Crippen molar-refractivity contribution >= 4 is 0 Å². The topological polar surface area (TPSA) is 21.3 Å². The van der Waals surface area contributed by atoms with Crippen LogP contribution in [0.4, 0.5) is 4.39 Å². The Kier molecular flexibility index (Phi) is 4.13. The second kappa shape index (κ2) is 4.91. The first-order valence-corrected chi connectivity index (χ1v) is 5.14. The number of morpholine rings is 1. The second-order valence-electron chi connectivity index (χ2n) is 4.09. The molecule has 0 amide bonds. The molecule has 0 aliphatic carbocycles. The van der Waals surface area contributed by atoms with E-state index in [1.165, 1.54) is 0 Å². The number of ether oxygens (including phenoxy) is 1. The second-order valence-corrected chi connectivity index (χ2v) is 4.09. The lowest BCUT2D eigenvalue weighted by molar-refractivity contribution is 0.0457. The van der Waals surface area contributed by atoms with Crippen LogP contribution < -0.4 is 5.32 Å². The molecular weight excluding hydrogens is 169 g/mol. The lowest BCUT2D eigenvalue weighted by Crippen LogP contribution is -2.44. The normalized spacial score (nSPS) is 28.4. The van der Waals surface area contributed by atoms with E-state index in [1.54, 1.807) is 6.92 Å². The lowest BCUT2D eigenvalue weighted by Gasteiger charge is -2.29. The van der Waals surface area contributed by atoms with Gasteiger partial charge in [0.25, 0.3) is 0 Å². The predicted octanol–water partition coefficient (Wildman–Crippen LogP) is 1.89. The van der Waals surface area contributed by atoms with Crippen LogP contribution in [-0.4, -0.2) is 31.5 Å². The first kappa shape index (κ1) is 10.9. The minimum atomic E-state index is -1.03. The molecule has 0 aromatic heterocycles. The summed E-state index contributed by atoms with van der Waals surface area (Å²) in [5.41, 5.74) is -1.03. The summed E-state index contributed by atoms with van der Waals surface area (Å²) in [5.74, 6) is 0. The predicted molar refractivity (Wildman–Crippen MR) is 51.6 cm³/mol. The smallest absolute Gasteiger partial charge is 0.109 e. The molecule has 0 radical (unpaired) electrons. The van der Waals surface area contributed by atoms with E-state index in [9.17, 15) is 4.39 Å². The first-order chi connectivity index (χ1) is 6.14. The van der Waals surface area contributed by atoms with Gasteiger partial charge in [0, 0.05) is 12.6 Å². The Morgan fingerprint density at radius 3 is 2.92 bits per heavy atom. The van der Waals surface area contributed by atoms with Crippen molar-refractivity contribution in [2.24, 2.45) is 0 Å². The van der Waals surface area contributed by atoms with E-state index in [2.05, 4.69) is 5.32 Å². The van der Waals surface area contributed by atoms with Gasteiger partial charge in [-0.15, -0.1) is 0 Å². The number of hydrogen-bond donors (Lipinski definition) is 1. The van der Waals surface area contributed by atoms with Crippen LogP contribution >= 0.6 is 0 Å². The zero-order valence-electron chi connectivity index (χ0n) is 8.61. The number of nitrogens with one attached hydrogen (secondary N) is 1. The zero-order chi connectivity index (χ0) is 9.73. The number of halogens is 1. The van der Waals surface area contributed by atoms with Gasteiger partial charge in [0.2, 0.25) is 0 Å². The summed E-state index contributed by atoms with van der Waals surface area (Å²) >= 11 is 0. The van der Waals surface area contributed by atoms with Gasteiger partial charge in [0.15, 0.2) is 0 Å². The van der Waals surface area contributed by atoms with Crippen LogP contribution in [0.5, 0.6) is 0 Å². The number of alkyl halides is 1. The summed E-state index contributed by atoms with van der Waals surface area (Å²) in [7, 11) is 0. The van der Waals surface area contributed by atoms with Gasteiger partial charge in [0.05, 0.1) is 13.2 Å². The third kappa shape index (κ3) is 4.05. The van der Waals surface area contributed by atoms with Crippen LogP contribution in [-0.2, 0) is 4.74 Å². The Morgan fingerprint density at radius 1 is 1.62 bits per heavy atom. The summed E-state index contributed by atoms with van der Waals surface area (Å²) < 4.78 is 19.1. The van der Waals surface area contributed by atoms with Crippen molar-refractivity contribution in [3.05, 3.63) is 0 Å². The van der Waals surface area contributed by atoms with Gasteiger partial charge in [0.1, 0.15) is 5.67 Å². The van der Waals surface area contributed by atoms with Crippen molar-refractivity contribution < 1.29 is 9.13 Å². The third-order valence-electron chi connectivity index (χ3n) is 2.44. The standard InChI is InChI=1S/C10H20FNO/c1-3-4-10(2,11)7-9-8-13-6-5-12-9/h9,12H,3-8H2,1-2H3. The minimum absolute atomic E-state index is 0.204. The van der Waals surface area contributed by atoms with Crippen LogP contribution in [0.2, 0.25) is 0 Å². The highest BCUT2D eigenvalue weighted by atomic mass is 19.1. The van der Waals surface area contributed by atoms with Crippen LogP contribution in [0.1, 0.15) is 33.1 Å². The molecule has 1 rings (SSSR count). The van der Waals surface area contributed by atoms with Gasteiger partial charge in [-0.2, -0.15) is 0 Å². The van der Waals surface area contributed by atoms with Crippen molar-refractivity contribution in [1.29, 1.82) is 0 Å². The van der Waals surface area contributed by atoms with E-state index >= 15 is 0 Å². The van der Waals surface area contributed by atoms with E-state index in [0.717, 1.165) is 19.6 Å². The highest BCUT2D eigenvalue weighted by Gasteiger charge is 2.27. The zero-order valence-corrected chi connectivity index (χ0v) is 8.61. The average molecular weight is 189 g/mol. The molecule has 0 aromatic carbocycles. The summed E-state index contributed by atoms with van der Waals surface area (Å²) in [6, 6.07) is 0.204. The molecule has 1 N–H and O–H groups in total. The van der Waals surface area contributed by atoms with E-state index in [0.29, 0.717) is 19.4 Å². The fourth-order valence-electron chi connectivity index (χ4n) is 1.89. The van der Waals surface area contributed by atoms with Crippen molar-refractivity contribution in [3.63, 3.8) is 0 Å². The molecule has 1 heterocycles. The SMILES string of the molecule is CCCC(C)(F)CC1COCCN1. The maximum atomic E-state index is 13.8. The molecule has 3 heteroatoms. The molecule has 2 atom stereocenters. The van der Waals surface area contributed by atoms with Crippen LogP contribution in [0.3, 0.4) is 0 Å². The highest BCUT2D eigenvalue weighted by molar-refractivity contribution is 4.82. The highest BCUT2D eigenvalue weighted by Crippen LogP contribution is 2.24. The van der Waals surface area contributed by atoms with Crippen molar-refractivity contribution in [2.45, 2.75) is 44.8 Å². The number of hydrogen-bond acceptors (Lipinski definition) is 2. The molecule has 1 aliphatic rings. The largest absolute Gasteiger partial charge is 0.379 e. The van der Waals surface area contributed by atoms with Crippen molar-refractivity contribution in [2.75, 3.05) is 19.8 Å². The van der Waals surface area contributed by atoms with Crippen molar-refractivity contribution in [1.82, 2.24) is 5.32 Å². The van der Waals surface area contributed by atoms with E-state index in [1.807, 2.05) is 6.92 Å². The van der Waals surface area contributed by atoms with Gasteiger partial charge in [-0.1, -0.05) is 13.3 Å². The molecule has 1 fully saturated rings. The summed E-state index contributed by atoms with van der Waals surface area (Å²) in [5, 5.41) is 3.27. The summed E-state index contributed by atoms with van der Waals surface area (Å²) in [6.07, 6.45) is 2.12. The van der Waals surface area contributed by atoms with E-state index < -0.39 is 5.67 Å². The molecule has 2 nitrogen and oxygen atoms in total. The van der Waals surface area contributed by atoms with Crippen molar-refractivity contribution in [3.8, 4) is 0 Å². The molecule has 78 valence electrons. The minimum Gasteiger partial charge on any atom is -0.379 e. The molecule has 13 heavy (non-hydrogen) atoms. The summed E-state index contributed by atoms with van der Waals surface area (Å²) in [6.45, 7) is 5.97. The van der Waals surface area contributed by atoms with E-state index in [-0.39, 0.29) is 6.04 Å². The third-order valence-corrected chi connectivity index (χ3v) is 2.44. The first-order valence-electron chi connectivity index (χ1n) is 5.14. The van der Waals surface area contributed by atoms with Crippen LogP contribution in [0.15, 0.2) is 0 Å². The molecule has 0 saturated carbocycles. The fourth-order valence-corrected chi connectivity index (χ4v) is 1.89. The van der Waals surface area contributed by atoms with Gasteiger partial charge in [-0.25, -0.2) is 4.39 Å². The molecule has 1 saturated heterocycles. The van der Waals surface area contributed by atoms with Gasteiger partial charge in [-0.3, -0.25) is 0 Å². The van der Waals surface area contributed by atoms with Gasteiger partial charge in [-0.05, 0) is 19.8 Å². The molecule has 0 aromatic rings. The maximum absolute atomic E-state index is 13.8. The molecule has 0 bridgehead atoms. The van der Waals surface area contributed by atoms with Gasteiger partial charge >= 0.3 is 0 Å². The van der Waals surface area contributed by atoms with E-state index in [4.69, 9.17) is 4.74 Å². The molecular formula is C10H20FNO. The Labute approximate surface area is 79.8 Å². The quantitative estimate of drug-likeness (QED) is 0.729. The maximum Gasteiger partial charge on any atom is 0.109 e. The Balaban J connectivity index is 2.28.